The molecule has 1 amide bonds. The van der Waals surface area contributed by atoms with Gasteiger partial charge < -0.3 is 10.7 Å². The van der Waals surface area contributed by atoms with Gasteiger partial charge in [0.2, 0.25) is 0 Å². The highest BCUT2D eigenvalue weighted by Crippen LogP contribution is 2.15. The third kappa shape index (κ3) is 3.85. The Morgan fingerprint density at radius 3 is 2.67 bits per heavy atom. The number of nitrogens with zero attached hydrogens (tertiary/aromatic N) is 1. The van der Waals surface area contributed by atoms with E-state index in [1.165, 1.54) is 6.07 Å². The monoisotopic (exact) mass is 270 g/mol. The van der Waals surface area contributed by atoms with Crippen molar-refractivity contribution in [3.05, 3.63) is 22.8 Å². The van der Waals surface area contributed by atoms with Crippen LogP contribution in [0.25, 0.3) is 0 Å². The van der Waals surface area contributed by atoms with Crippen LogP contribution in [-0.4, -0.2) is 16.9 Å². The number of hydrogen-bond acceptors (Lipinski definition) is 4. The number of halogens is 1. The van der Waals surface area contributed by atoms with Gasteiger partial charge in [-0.3, -0.25) is 4.79 Å². The molecule has 1 aromatic heterocycles. The second kappa shape index (κ2) is 6.56. The zero-order valence-electron chi connectivity index (χ0n) is 10.8. The second-order valence-electron chi connectivity index (χ2n) is 4.44. The number of carbonyl (C=O) groups is 1. The maximum absolute atomic E-state index is 12.1. The van der Waals surface area contributed by atoms with Crippen molar-refractivity contribution in [1.29, 1.82) is 0 Å². The molecule has 4 N–H and O–H groups in total. The highest BCUT2D eigenvalue weighted by atomic mass is 35.5. The van der Waals surface area contributed by atoms with Gasteiger partial charge in [0.1, 0.15) is 11.0 Å². The zero-order chi connectivity index (χ0) is 13.7. The van der Waals surface area contributed by atoms with E-state index in [1.54, 1.807) is 6.07 Å². The van der Waals surface area contributed by atoms with Crippen molar-refractivity contribution in [2.24, 2.45) is 11.8 Å². The van der Waals surface area contributed by atoms with Crippen LogP contribution in [0.3, 0.4) is 0 Å². The lowest BCUT2D eigenvalue weighted by Gasteiger charge is -2.20. The summed E-state index contributed by atoms with van der Waals surface area (Å²) in [5, 5.41) is 3.20. The lowest BCUT2D eigenvalue weighted by Crippen LogP contribution is -2.38. The van der Waals surface area contributed by atoms with Crippen LogP contribution in [0.5, 0.6) is 0 Å². The first-order chi connectivity index (χ1) is 8.47. The number of hydrogen-bond donors (Lipinski definition) is 3. The van der Waals surface area contributed by atoms with Gasteiger partial charge in [0.15, 0.2) is 0 Å². The molecule has 5 nitrogen and oxygen atoms in total. The van der Waals surface area contributed by atoms with E-state index in [9.17, 15) is 4.79 Å². The molecule has 0 aliphatic carbocycles. The van der Waals surface area contributed by atoms with E-state index >= 15 is 0 Å². The third-order valence-electron chi connectivity index (χ3n) is 2.77. The summed E-state index contributed by atoms with van der Waals surface area (Å²) in [6, 6.07) is 3.22. The van der Waals surface area contributed by atoms with Gasteiger partial charge in [-0.15, -0.1) is 0 Å². The van der Waals surface area contributed by atoms with Crippen LogP contribution in [0.15, 0.2) is 12.1 Å². The lowest BCUT2D eigenvalue weighted by molar-refractivity contribution is 0.0924. The SMILES string of the molecule is CCC(NC(=O)c1cc(Cl)nc(NN)c1)C(C)C. The fourth-order valence-corrected chi connectivity index (χ4v) is 1.90. The minimum absolute atomic E-state index is 0.138. The first-order valence-electron chi connectivity index (χ1n) is 5.93. The normalized spacial score (nSPS) is 12.3. The molecule has 0 aromatic carbocycles. The Hall–Kier alpha value is -1.33. The summed E-state index contributed by atoms with van der Waals surface area (Å²) >= 11 is 5.82. The van der Waals surface area contributed by atoms with Crippen LogP contribution in [-0.2, 0) is 0 Å². The molecule has 0 spiro atoms. The molecular weight excluding hydrogens is 252 g/mol. The number of hydrazine groups is 1. The fourth-order valence-electron chi connectivity index (χ4n) is 1.69. The predicted molar refractivity (Wildman–Crippen MR) is 73.4 cm³/mol. The molecule has 0 aliphatic heterocycles. The van der Waals surface area contributed by atoms with Gasteiger partial charge in [0.25, 0.3) is 5.91 Å². The highest BCUT2D eigenvalue weighted by molar-refractivity contribution is 6.29. The Kier molecular flexibility index (Phi) is 5.37. The smallest absolute Gasteiger partial charge is 0.251 e. The highest BCUT2D eigenvalue weighted by Gasteiger charge is 2.16. The number of amides is 1. The number of anilines is 1. The minimum atomic E-state index is -0.170. The standard InChI is InChI=1S/C12H19ClN4O/c1-4-9(7(2)3)15-12(18)8-5-10(13)16-11(6-8)17-14/h5-7,9H,4,14H2,1-3H3,(H,15,18)(H,16,17). The summed E-state index contributed by atoms with van der Waals surface area (Å²) in [6.07, 6.45) is 0.879. The van der Waals surface area contributed by atoms with Crippen molar-refractivity contribution in [3.8, 4) is 0 Å². The van der Waals surface area contributed by atoms with Gasteiger partial charge in [-0.05, 0) is 24.5 Å². The molecule has 1 aromatic rings. The Bertz CT molecular complexity index is 423. The van der Waals surface area contributed by atoms with Gasteiger partial charge in [0.05, 0.1) is 0 Å². The second-order valence-corrected chi connectivity index (χ2v) is 4.83. The molecule has 0 radical (unpaired) electrons. The molecule has 0 bridgehead atoms. The van der Waals surface area contributed by atoms with Crippen molar-refractivity contribution in [2.75, 3.05) is 5.43 Å². The molecule has 100 valence electrons. The average molecular weight is 271 g/mol. The number of rotatable bonds is 5. The maximum atomic E-state index is 12.1. The molecular formula is C12H19ClN4O. The topological polar surface area (TPSA) is 80.0 Å². The van der Waals surface area contributed by atoms with Gasteiger partial charge in [-0.1, -0.05) is 32.4 Å². The molecule has 6 heteroatoms. The molecule has 0 saturated carbocycles. The largest absolute Gasteiger partial charge is 0.349 e. The molecule has 0 aliphatic rings. The van der Waals surface area contributed by atoms with E-state index in [2.05, 4.69) is 29.6 Å². The summed E-state index contributed by atoms with van der Waals surface area (Å²) in [5.41, 5.74) is 2.82. The van der Waals surface area contributed by atoms with E-state index in [-0.39, 0.29) is 17.1 Å². The van der Waals surface area contributed by atoms with E-state index in [0.29, 0.717) is 17.3 Å². The molecule has 1 heterocycles. The maximum Gasteiger partial charge on any atom is 0.251 e. The molecule has 1 atom stereocenters. The van der Waals surface area contributed by atoms with Crippen molar-refractivity contribution in [1.82, 2.24) is 10.3 Å². The van der Waals surface area contributed by atoms with Gasteiger partial charge >= 0.3 is 0 Å². The Labute approximate surface area is 112 Å². The minimum Gasteiger partial charge on any atom is -0.349 e. The van der Waals surface area contributed by atoms with Crippen LogP contribution in [0.1, 0.15) is 37.6 Å². The van der Waals surface area contributed by atoms with E-state index in [0.717, 1.165) is 6.42 Å². The van der Waals surface area contributed by atoms with Crippen LogP contribution in [0, 0.1) is 5.92 Å². The fraction of sp³-hybridized carbons (Fsp3) is 0.500. The Balaban J connectivity index is 2.86. The summed E-state index contributed by atoms with van der Waals surface area (Å²) in [7, 11) is 0. The summed E-state index contributed by atoms with van der Waals surface area (Å²) in [6.45, 7) is 6.18. The predicted octanol–water partition coefficient (Wildman–Crippen LogP) is 2.18. The Morgan fingerprint density at radius 2 is 2.17 bits per heavy atom. The summed E-state index contributed by atoms with van der Waals surface area (Å²) in [5.74, 6) is 5.83. The quantitative estimate of drug-likeness (QED) is 0.435. The molecule has 1 unspecified atom stereocenters. The van der Waals surface area contributed by atoms with Gasteiger partial charge in [-0.2, -0.15) is 0 Å². The van der Waals surface area contributed by atoms with Crippen molar-refractivity contribution in [3.63, 3.8) is 0 Å². The molecule has 18 heavy (non-hydrogen) atoms. The molecule has 1 rings (SSSR count). The van der Waals surface area contributed by atoms with Crippen LogP contribution in [0.2, 0.25) is 5.15 Å². The zero-order valence-corrected chi connectivity index (χ0v) is 11.6. The first kappa shape index (κ1) is 14.7. The molecule has 0 saturated heterocycles. The number of nitrogens with two attached hydrogens (primary N) is 1. The van der Waals surface area contributed by atoms with Crippen molar-refractivity contribution < 1.29 is 4.79 Å². The van der Waals surface area contributed by atoms with Crippen LogP contribution < -0.4 is 16.6 Å². The van der Waals surface area contributed by atoms with E-state index in [1.807, 2.05) is 6.92 Å². The summed E-state index contributed by atoms with van der Waals surface area (Å²) in [4.78, 5) is 16.0. The number of nitrogens with one attached hydrogen (secondary N) is 2. The number of nitrogen functional groups attached to an aromatic ring is 1. The lowest BCUT2D eigenvalue weighted by atomic mass is 10.0. The summed E-state index contributed by atoms with van der Waals surface area (Å²) < 4.78 is 0. The van der Waals surface area contributed by atoms with Crippen molar-refractivity contribution >= 4 is 23.3 Å². The number of pyridine rings is 1. The molecule has 0 fully saturated rings. The van der Waals surface area contributed by atoms with Crippen molar-refractivity contribution in [2.45, 2.75) is 33.2 Å². The Morgan fingerprint density at radius 1 is 1.50 bits per heavy atom. The van der Waals surface area contributed by atoms with E-state index < -0.39 is 0 Å². The number of carbonyl (C=O) groups excluding carboxylic acids is 1. The third-order valence-corrected chi connectivity index (χ3v) is 2.96. The van der Waals surface area contributed by atoms with Gasteiger partial charge in [-0.25, -0.2) is 10.8 Å². The first-order valence-corrected chi connectivity index (χ1v) is 6.30. The van der Waals surface area contributed by atoms with Crippen LogP contribution >= 0.6 is 11.6 Å². The van der Waals surface area contributed by atoms with E-state index in [4.69, 9.17) is 17.4 Å². The average Bonchev–Trinajstić information content (AvgIpc) is 2.34. The number of aromatic nitrogens is 1. The van der Waals surface area contributed by atoms with Gasteiger partial charge in [0, 0.05) is 11.6 Å². The van der Waals surface area contributed by atoms with Crippen LogP contribution in [0.4, 0.5) is 5.82 Å².